The lowest BCUT2D eigenvalue weighted by Crippen LogP contribution is -2.20. The molecule has 0 aliphatic carbocycles. The minimum absolute atomic E-state index is 0.0625. The van der Waals surface area contributed by atoms with E-state index in [1.165, 1.54) is 0 Å². The van der Waals surface area contributed by atoms with Crippen molar-refractivity contribution in [3.8, 4) is 0 Å². The lowest BCUT2D eigenvalue weighted by molar-refractivity contribution is 0.262. The number of carbonyl (C=O) groups excluding carboxylic acids is 1. The Morgan fingerprint density at radius 1 is 1.33 bits per heavy atom. The van der Waals surface area contributed by atoms with Gasteiger partial charge in [0.1, 0.15) is 17.5 Å². The minimum Gasteiger partial charge on any atom is -0.305 e. The Labute approximate surface area is 100 Å². The van der Waals surface area contributed by atoms with Crippen molar-refractivity contribution in [2.75, 3.05) is 10.6 Å². The monoisotopic (exact) mass is 253 g/mol. The van der Waals surface area contributed by atoms with Gasteiger partial charge in [0.25, 0.3) is 0 Å². The highest BCUT2D eigenvalue weighted by Crippen LogP contribution is 2.15. The molecule has 0 aliphatic heterocycles. The molecule has 0 atom stereocenters. The normalized spacial score (nSPS) is 10.2. The van der Waals surface area contributed by atoms with Gasteiger partial charge < -0.3 is 5.32 Å². The third-order valence-electron chi connectivity index (χ3n) is 2.00. The lowest BCUT2D eigenvalue weighted by Gasteiger charge is -2.05. The van der Waals surface area contributed by atoms with Gasteiger partial charge in [-0.15, -0.1) is 5.10 Å². The smallest absolute Gasteiger partial charge is 0.305 e. The average molecular weight is 253 g/mol. The molecule has 0 aliphatic rings. The summed E-state index contributed by atoms with van der Waals surface area (Å²) in [5, 5.41) is 10.7. The quantitative estimate of drug-likeness (QED) is 0.765. The van der Waals surface area contributed by atoms with Crippen LogP contribution < -0.4 is 10.6 Å². The summed E-state index contributed by atoms with van der Waals surface area (Å²) >= 11 is 0. The zero-order valence-electron chi connectivity index (χ0n) is 9.29. The van der Waals surface area contributed by atoms with Gasteiger partial charge in [0.05, 0.1) is 5.69 Å². The molecule has 94 valence electrons. The average Bonchev–Trinajstić information content (AvgIpc) is 2.68. The van der Waals surface area contributed by atoms with Crippen LogP contribution in [0.1, 0.15) is 5.82 Å². The number of anilines is 2. The number of rotatable bonds is 2. The van der Waals surface area contributed by atoms with E-state index in [4.69, 9.17) is 0 Å². The Balaban J connectivity index is 2.03. The van der Waals surface area contributed by atoms with E-state index < -0.39 is 17.7 Å². The lowest BCUT2D eigenvalue weighted by atomic mass is 10.3. The summed E-state index contributed by atoms with van der Waals surface area (Å²) in [6.07, 6.45) is 0. The van der Waals surface area contributed by atoms with Gasteiger partial charge in [-0.1, -0.05) is 0 Å². The van der Waals surface area contributed by atoms with Crippen LogP contribution in [0.4, 0.5) is 25.2 Å². The van der Waals surface area contributed by atoms with Gasteiger partial charge in [-0.3, -0.25) is 10.4 Å². The highest BCUT2D eigenvalue weighted by Gasteiger charge is 2.09. The van der Waals surface area contributed by atoms with Crippen molar-refractivity contribution in [1.82, 2.24) is 15.2 Å². The van der Waals surface area contributed by atoms with Crippen molar-refractivity contribution in [3.63, 3.8) is 0 Å². The first-order valence-electron chi connectivity index (χ1n) is 4.96. The molecule has 1 heterocycles. The van der Waals surface area contributed by atoms with Crippen molar-refractivity contribution in [1.29, 1.82) is 0 Å². The Bertz CT molecular complexity index is 583. The number of aromatic nitrogens is 3. The molecular weight excluding hydrogens is 244 g/mol. The van der Waals surface area contributed by atoms with Gasteiger partial charge in [0.15, 0.2) is 0 Å². The number of benzene rings is 1. The number of carbonyl (C=O) groups is 1. The topological polar surface area (TPSA) is 82.7 Å². The van der Waals surface area contributed by atoms with E-state index in [0.717, 1.165) is 12.1 Å². The number of hydrogen-bond donors (Lipinski definition) is 3. The van der Waals surface area contributed by atoms with E-state index in [-0.39, 0.29) is 11.6 Å². The van der Waals surface area contributed by atoms with Crippen LogP contribution in [0.2, 0.25) is 0 Å². The number of nitrogens with zero attached hydrogens (tertiary/aromatic N) is 2. The van der Waals surface area contributed by atoms with Crippen LogP contribution in [0.5, 0.6) is 0 Å². The van der Waals surface area contributed by atoms with E-state index in [2.05, 4.69) is 25.8 Å². The first-order chi connectivity index (χ1) is 8.54. The number of aryl methyl sites for hydroxylation is 1. The SMILES string of the molecule is Cc1nc(NC(=O)Nc2ccc(F)cc2F)n[nH]1. The second kappa shape index (κ2) is 4.78. The van der Waals surface area contributed by atoms with Crippen LogP contribution in [-0.4, -0.2) is 21.2 Å². The van der Waals surface area contributed by atoms with Gasteiger partial charge >= 0.3 is 6.03 Å². The molecule has 0 bridgehead atoms. The van der Waals surface area contributed by atoms with Crippen LogP contribution in [0.15, 0.2) is 18.2 Å². The highest BCUT2D eigenvalue weighted by molar-refractivity contribution is 5.98. The van der Waals surface area contributed by atoms with E-state index in [1.54, 1.807) is 6.92 Å². The fourth-order valence-corrected chi connectivity index (χ4v) is 1.24. The van der Waals surface area contributed by atoms with E-state index in [0.29, 0.717) is 11.9 Å². The summed E-state index contributed by atoms with van der Waals surface area (Å²) in [6, 6.07) is 2.11. The molecule has 2 aromatic rings. The molecule has 0 saturated carbocycles. The largest absolute Gasteiger partial charge is 0.326 e. The van der Waals surface area contributed by atoms with Gasteiger partial charge in [0, 0.05) is 6.07 Å². The van der Waals surface area contributed by atoms with Crippen molar-refractivity contribution < 1.29 is 13.6 Å². The number of aromatic amines is 1. The second-order valence-electron chi connectivity index (χ2n) is 3.45. The molecule has 1 aromatic heterocycles. The summed E-state index contributed by atoms with van der Waals surface area (Å²) in [5.41, 5.74) is -0.138. The minimum atomic E-state index is -0.865. The third kappa shape index (κ3) is 2.78. The Hall–Kier alpha value is -2.51. The second-order valence-corrected chi connectivity index (χ2v) is 3.45. The predicted octanol–water partition coefficient (Wildman–Crippen LogP) is 2.04. The van der Waals surface area contributed by atoms with E-state index in [1.807, 2.05) is 0 Å². The van der Waals surface area contributed by atoms with Crippen molar-refractivity contribution >= 4 is 17.7 Å². The van der Waals surface area contributed by atoms with Gasteiger partial charge in [0.2, 0.25) is 5.95 Å². The van der Waals surface area contributed by atoms with Crippen LogP contribution >= 0.6 is 0 Å². The Morgan fingerprint density at radius 3 is 2.72 bits per heavy atom. The molecule has 0 unspecified atom stereocenters. The standard InChI is InChI=1S/C10H9F2N5O/c1-5-13-9(17-16-5)15-10(18)14-8-3-2-6(11)4-7(8)12/h2-4H,1H3,(H3,13,14,15,16,17,18). The van der Waals surface area contributed by atoms with Gasteiger partial charge in [-0.05, 0) is 19.1 Å². The molecule has 2 amide bonds. The zero-order chi connectivity index (χ0) is 13.1. The Kier molecular flexibility index (Phi) is 3.18. The molecular formula is C10H9F2N5O. The number of amides is 2. The third-order valence-corrected chi connectivity index (χ3v) is 2.00. The van der Waals surface area contributed by atoms with Crippen LogP contribution in [-0.2, 0) is 0 Å². The summed E-state index contributed by atoms with van der Waals surface area (Å²) in [7, 11) is 0. The maximum absolute atomic E-state index is 13.2. The molecule has 2 rings (SSSR count). The molecule has 0 radical (unpaired) electrons. The predicted molar refractivity (Wildman–Crippen MR) is 60.1 cm³/mol. The van der Waals surface area contributed by atoms with Crippen molar-refractivity contribution in [2.45, 2.75) is 6.92 Å². The van der Waals surface area contributed by atoms with Gasteiger partial charge in [-0.25, -0.2) is 13.6 Å². The number of nitrogens with one attached hydrogen (secondary N) is 3. The summed E-state index contributed by atoms with van der Waals surface area (Å²) in [6.45, 7) is 1.66. The summed E-state index contributed by atoms with van der Waals surface area (Å²) in [5.74, 6) is -0.995. The fourth-order valence-electron chi connectivity index (χ4n) is 1.24. The van der Waals surface area contributed by atoms with Crippen molar-refractivity contribution in [3.05, 3.63) is 35.7 Å². The van der Waals surface area contributed by atoms with E-state index in [9.17, 15) is 13.6 Å². The molecule has 3 N–H and O–H groups in total. The van der Waals surface area contributed by atoms with Crippen LogP contribution in [0.25, 0.3) is 0 Å². The first-order valence-corrected chi connectivity index (χ1v) is 4.96. The molecule has 0 fully saturated rings. The summed E-state index contributed by atoms with van der Waals surface area (Å²) in [4.78, 5) is 15.3. The Morgan fingerprint density at radius 2 is 2.11 bits per heavy atom. The fraction of sp³-hybridized carbons (Fsp3) is 0.100. The number of hydrogen-bond acceptors (Lipinski definition) is 3. The number of H-pyrrole nitrogens is 1. The first kappa shape index (κ1) is 12.0. The number of halogens is 2. The molecule has 1 aromatic carbocycles. The molecule has 0 spiro atoms. The van der Waals surface area contributed by atoms with Crippen LogP contribution in [0.3, 0.4) is 0 Å². The highest BCUT2D eigenvalue weighted by atomic mass is 19.1. The maximum atomic E-state index is 13.2. The number of urea groups is 1. The van der Waals surface area contributed by atoms with Crippen LogP contribution in [0, 0.1) is 18.6 Å². The van der Waals surface area contributed by atoms with Crippen molar-refractivity contribution in [2.24, 2.45) is 0 Å². The molecule has 18 heavy (non-hydrogen) atoms. The maximum Gasteiger partial charge on any atom is 0.326 e. The van der Waals surface area contributed by atoms with E-state index >= 15 is 0 Å². The van der Waals surface area contributed by atoms with Gasteiger partial charge in [-0.2, -0.15) is 4.98 Å². The zero-order valence-corrected chi connectivity index (χ0v) is 9.29. The molecule has 0 saturated heterocycles. The summed E-state index contributed by atoms with van der Waals surface area (Å²) < 4.78 is 25.9. The molecule has 8 heteroatoms. The molecule has 6 nitrogen and oxygen atoms in total.